The molecule has 0 bridgehead atoms. The van der Waals surface area contributed by atoms with Crippen molar-refractivity contribution in [2.45, 2.75) is 43.2 Å². The highest BCUT2D eigenvalue weighted by atomic mass is 16.2. The van der Waals surface area contributed by atoms with Gasteiger partial charge in [-0.2, -0.15) is 0 Å². The van der Waals surface area contributed by atoms with E-state index in [0.717, 1.165) is 18.4 Å². The summed E-state index contributed by atoms with van der Waals surface area (Å²) in [6.45, 7) is 0.397. The van der Waals surface area contributed by atoms with Gasteiger partial charge in [0.15, 0.2) is 0 Å². The maximum Gasteiger partial charge on any atom is 0.325 e. The smallest absolute Gasteiger partial charge is 0.323 e. The quantitative estimate of drug-likeness (QED) is 0.795. The number of carbonyl (C=O) groups excluding carboxylic acids is 2. The first-order valence-electron chi connectivity index (χ1n) is 10.2. The number of hydrogen-bond acceptors (Lipinski definition) is 4. The van der Waals surface area contributed by atoms with Crippen molar-refractivity contribution in [3.05, 3.63) is 66.0 Å². The summed E-state index contributed by atoms with van der Waals surface area (Å²) in [4.78, 5) is 33.5. The third kappa shape index (κ3) is 3.42. The Balaban J connectivity index is 1.49. The van der Waals surface area contributed by atoms with E-state index >= 15 is 0 Å². The number of nitrogens with one attached hydrogen (secondary N) is 1. The molecule has 1 saturated heterocycles. The Bertz CT molecular complexity index is 874. The summed E-state index contributed by atoms with van der Waals surface area (Å²) in [5.74, 6) is -0.0722. The molecule has 29 heavy (non-hydrogen) atoms. The van der Waals surface area contributed by atoms with Crippen molar-refractivity contribution in [1.29, 1.82) is 0 Å². The van der Waals surface area contributed by atoms with Crippen molar-refractivity contribution in [3.63, 3.8) is 0 Å². The van der Waals surface area contributed by atoms with Crippen LogP contribution in [0.5, 0.6) is 0 Å². The van der Waals surface area contributed by atoms with Crippen LogP contribution in [0.3, 0.4) is 0 Å². The molecule has 6 heteroatoms. The summed E-state index contributed by atoms with van der Waals surface area (Å²) in [6, 6.07) is 14.0. The lowest BCUT2D eigenvalue weighted by molar-refractivity contribution is -0.133. The van der Waals surface area contributed by atoms with Crippen molar-refractivity contribution >= 4 is 11.9 Å². The predicted molar refractivity (Wildman–Crippen MR) is 111 cm³/mol. The number of urea groups is 1. The van der Waals surface area contributed by atoms with Gasteiger partial charge in [0.1, 0.15) is 5.54 Å². The second-order valence-electron chi connectivity index (χ2n) is 8.37. The molecule has 4 rings (SSSR count). The Morgan fingerprint density at radius 2 is 1.66 bits per heavy atom. The zero-order valence-electron chi connectivity index (χ0n) is 17.1. The zero-order valence-corrected chi connectivity index (χ0v) is 17.1. The van der Waals surface area contributed by atoms with Crippen molar-refractivity contribution in [1.82, 2.24) is 20.1 Å². The average molecular weight is 393 g/mol. The Kier molecular flexibility index (Phi) is 5.13. The predicted octanol–water partition coefficient (Wildman–Crippen LogP) is 2.95. The van der Waals surface area contributed by atoms with E-state index in [0.29, 0.717) is 25.8 Å². The van der Waals surface area contributed by atoms with Gasteiger partial charge in [-0.15, -0.1) is 0 Å². The molecule has 1 aliphatic carbocycles. The summed E-state index contributed by atoms with van der Waals surface area (Å²) in [7, 11) is 4.20. The molecule has 3 amide bonds. The van der Waals surface area contributed by atoms with Gasteiger partial charge in [-0.1, -0.05) is 30.3 Å². The molecule has 2 aliphatic rings. The Hall–Kier alpha value is -2.73. The summed E-state index contributed by atoms with van der Waals surface area (Å²) in [5.41, 5.74) is 1.47. The minimum absolute atomic E-state index is 0.0722. The molecule has 1 aromatic carbocycles. The van der Waals surface area contributed by atoms with Gasteiger partial charge in [-0.3, -0.25) is 19.6 Å². The van der Waals surface area contributed by atoms with Gasteiger partial charge in [0.25, 0.3) is 5.91 Å². The normalized spacial score (nSPS) is 26.9. The van der Waals surface area contributed by atoms with Crippen LogP contribution < -0.4 is 5.32 Å². The van der Waals surface area contributed by atoms with E-state index in [2.05, 4.69) is 53.6 Å². The standard InChI is InChI=1S/C23H28N4O2/c1-26(2)23(19-6-4-3-5-7-19)13-11-22(12-14-23)20(28)27(21(29)25-22)17-10-18-8-15-24-16-9-18/h3-9,15-16H,10-14,17H2,1-2H3,(H,25,29)/t22-,23+. The van der Waals surface area contributed by atoms with E-state index in [-0.39, 0.29) is 17.5 Å². The lowest BCUT2D eigenvalue weighted by atomic mass is 9.68. The van der Waals surface area contributed by atoms with Crippen molar-refractivity contribution in [2.24, 2.45) is 0 Å². The maximum absolute atomic E-state index is 13.2. The maximum atomic E-state index is 13.2. The highest BCUT2D eigenvalue weighted by Crippen LogP contribution is 2.46. The van der Waals surface area contributed by atoms with E-state index in [1.165, 1.54) is 10.5 Å². The fourth-order valence-corrected chi connectivity index (χ4v) is 4.84. The van der Waals surface area contributed by atoms with Gasteiger partial charge in [0, 0.05) is 24.5 Å². The Morgan fingerprint density at radius 3 is 2.28 bits per heavy atom. The lowest BCUT2D eigenvalue weighted by Gasteiger charge is -2.48. The summed E-state index contributed by atoms with van der Waals surface area (Å²) >= 11 is 0. The molecule has 1 saturated carbocycles. The molecule has 2 fully saturated rings. The van der Waals surface area contributed by atoms with Crippen LogP contribution in [0.4, 0.5) is 4.79 Å². The third-order valence-electron chi connectivity index (χ3n) is 6.72. The molecule has 152 valence electrons. The second-order valence-corrected chi connectivity index (χ2v) is 8.37. The van der Waals surface area contributed by atoms with Crippen LogP contribution in [0.2, 0.25) is 0 Å². The van der Waals surface area contributed by atoms with Crippen LogP contribution in [-0.2, 0) is 16.8 Å². The van der Waals surface area contributed by atoms with Gasteiger partial charge < -0.3 is 5.32 Å². The van der Waals surface area contributed by atoms with Crippen LogP contribution >= 0.6 is 0 Å². The van der Waals surface area contributed by atoms with Crippen LogP contribution in [0.15, 0.2) is 54.9 Å². The van der Waals surface area contributed by atoms with Crippen LogP contribution in [0, 0.1) is 0 Å². The number of benzene rings is 1. The SMILES string of the molecule is CN(C)[C@]1(c2ccccc2)CC[C@@]2(CC1)NC(=O)N(CCc1ccncc1)C2=O. The first-order chi connectivity index (χ1) is 14.0. The number of nitrogens with zero attached hydrogens (tertiary/aromatic N) is 3. The number of pyridine rings is 1. The average Bonchev–Trinajstić information content (AvgIpc) is 2.97. The molecule has 2 aromatic rings. The highest BCUT2D eigenvalue weighted by molar-refractivity contribution is 6.07. The van der Waals surface area contributed by atoms with E-state index in [1.54, 1.807) is 12.4 Å². The van der Waals surface area contributed by atoms with Gasteiger partial charge in [-0.25, -0.2) is 4.79 Å². The molecular formula is C23H28N4O2. The lowest BCUT2D eigenvalue weighted by Crippen LogP contribution is -2.55. The molecule has 1 aromatic heterocycles. The minimum Gasteiger partial charge on any atom is -0.323 e. The molecule has 6 nitrogen and oxygen atoms in total. The fourth-order valence-electron chi connectivity index (χ4n) is 4.84. The fraction of sp³-hybridized carbons (Fsp3) is 0.435. The van der Waals surface area contributed by atoms with E-state index < -0.39 is 5.54 Å². The molecule has 1 N–H and O–H groups in total. The molecule has 0 radical (unpaired) electrons. The minimum atomic E-state index is -0.760. The first-order valence-corrected chi connectivity index (χ1v) is 10.2. The van der Waals surface area contributed by atoms with E-state index in [1.807, 2.05) is 18.2 Å². The summed E-state index contributed by atoms with van der Waals surface area (Å²) in [6.07, 6.45) is 7.06. The number of imide groups is 1. The van der Waals surface area contributed by atoms with E-state index in [9.17, 15) is 9.59 Å². The number of aromatic nitrogens is 1. The zero-order chi connectivity index (χ0) is 20.5. The Labute approximate surface area is 171 Å². The molecule has 0 unspecified atom stereocenters. The molecule has 1 spiro atoms. The van der Waals surface area contributed by atoms with Crippen LogP contribution in [-0.4, -0.2) is 52.9 Å². The van der Waals surface area contributed by atoms with Crippen molar-refractivity contribution in [2.75, 3.05) is 20.6 Å². The van der Waals surface area contributed by atoms with Crippen molar-refractivity contribution in [3.8, 4) is 0 Å². The van der Waals surface area contributed by atoms with Gasteiger partial charge in [0.05, 0.1) is 0 Å². The van der Waals surface area contributed by atoms with Crippen LogP contribution in [0.25, 0.3) is 0 Å². The largest absolute Gasteiger partial charge is 0.325 e. The monoisotopic (exact) mass is 392 g/mol. The van der Waals surface area contributed by atoms with Crippen molar-refractivity contribution < 1.29 is 9.59 Å². The number of amides is 3. The van der Waals surface area contributed by atoms with Gasteiger partial charge in [-0.05, 0) is 69.5 Å². The molecule has 1 aliphatic heterocycles. The van der Waals surface area contributed by atoms with Crippen LogP contribution in [0.1, 0.15) is 36.8 Å². The third-order valence-corrected chi connectivity index (χ3v) is 6.72. The molecular weight excluding hydrogens is 364 g/mol. The summed E-state index contributed by atoms with van der Waals surface area (Å²) in [5, 5.41) is 3.04. The Morgan fingerprint density at radius 1 is 1.00 bits per heavy atom. The van der Waals surface area contributed by atoms with Gasteiger partial charge in [0.2, 0.25) is 0 Å². The second kappa shape index (κ2) is 7.59. The topological polar surface area (TPSA) is 65.5 Å². The highest BCUT2D eigenvalue weighted by Gasteiger charge is 2.55. The number of hydrogen-bond donors (Lipinski definition) is 1. The van der Waals surface area contributed by atoms with Gasteiger partial charge >= 0.3 is 6.03 Å². The summed E-state index contributed by atoms with van der Waals surface area (Å²) < 4.78 is 0. The molecule has 0 atom stereocenters. The first kappa shape index (κ1) is 19.6. The number of rotatable bonds is 5. The van der Waals surface area contributed by atoms with E-state index in [4.69, 9.17) is 0 Å². The number of carbonyl (C=O) groups is 2. The molecule has 2 heterocycles.